The second kappa shape index (κ2) is 22.6. The van der Waals surface area contributed by atoms with Crippen LogP contribution in [-0.2, 0) is 9.59 Å². The van der Waals surface area contributed by atoms with Crippen LogP contribution < -0.4 is 17.2 Å². The highest BCUT2D eigenvalue weighted by Gasteiger charge is 2.33. The van der Waals surface area contributed by atoms with Crippen molar-refractivity contribution >= 4 is 11.9 Å². The molecule has 0 aromatic carbocycles. The van der Waals surface area contributed by atoms with Crippen LogP contribution in [0.5, 0.6) is 0 Å². The fraction of sp³-hybridized carbons (Fsp3) is 0.846. The zero-order chi connectivity index (χ0) is 20.9. The molecule has 12 nitrogen and oxygen atoms in total. The highest BCUT2D eigenvalue weighted by molar-refractivity contribution is 5.70. The Bertz CT molecular complexity index is 274. The Morgan fingerprint density at radius 1 is 0.840 bits per heavy atom. The second-order valence-corrected chi connectivity index (χ2v) is 4.75. The van der Waals surface area contributed by atoms with E-state index in [1.807, 2.05) is 0 Å². The van der Waals surface area contributed by atoms with Gasteiger partial charge in [0.1, 0.15) is 0 Å². The van der Waals surface area contributed by atoms with Crippen LogP contribution in [0, 0.1) is 0 Å². The molecule has 1 unspecified atom stereocenters. The third kappa shape index (κ3) is 31.0. The Balaban J connectivity index is -0.000000150. The lowest BCUT2D eigenvalue weighted by Crippen LogP contribution is -2.56. The molecule has 0 aliphatic rings. The maximum Gasteiger partial charge on any atom is 0.359 e. The summed E-state index contributed by atoms with van der Waals surface area (Å²) < 4.78 is -0.426. The van der Waals surface area contributed by atoms with Crippen LogP contribution in [0.2, 0.25) is 0 Å². The van der Waals surface area contributed by atoms with Crippen LogP contribution in [0.3, 0.4) is 0 Å². The van der Waals surface area contributed by atoms with Crippen molar-refractivity contribution in [2.24, 2.45) is 17.2 Å². The predicted molar refractivity (Wildman–Crippen MR) is 91.3 cm³/mol. The number of carbonyl (C=O) groups is 2. The molecule has 0 heterocycles. The molecule has 0 saturated heterocycles. The van der Waals surface area contributed by atoms with E-state index < -0.39 is 35.7 Å². The van der Waals surface area contributed by atoms with E-state index in [1.165, 1.54) is 14.0 Å². The molecule has 0 radical (unpaired) electrons. The molecular weight excluding hydrogens is 340 g/mol. The van der Waals surface area contributed by atoms with Gasteiger partial charge in [-0.3, -0.25) is 4.48 Å². The summed E-state index contributed by atoms with van der Waals surface area (Å²) in [7, 11) is 1.38. The first-order valence-electron chi connectivity index (χ1n) is 7.41. The minimum Gasteiger partial charge on any atom is -0.477 e. The molecule has 0 aromatic rings. The summed E-state index contributed by atoms with van der Waals surface area (Å²) >= 11 is 0. The Morgan fingerprint density at radius 3 is 1.12 bits per heavy atom. The Hall–Kier alpha value is -1.38. The number of carboxylic acids is 2. The minimum absolute atomic E-state index is 0.0972. The molecule has 0 fully saturated rings. The lowest BCUT2D eigenvalue weighted by Gasteiger charge is -2.33. The molecule has 0 spiro atoms. The fourth-order valence-corrected chi connectivity index (χ4v) is 0.938. The highest BCUT2D eigenvalue weighted by Crippen LogP contribution is 2.07. The largest absolute Gasteiger partial charge is 0.477 e. The maximum absolute atomic E-state index is 10.4. The van der Waals surface area contributed by atoms with Crippen LogP contribution in [0.1, 0.15) is 6.92 Å². The summed E-state index contributed by atoms with van der Waals surface area (Å²) in [6.07, 6.45) is -1.02. The number of quaternary nitrogens is 1. The third-order valence-electron chi connectivity index (χ3n) is 2.28. The number of hydrogen-bond donors (Lipinski definition) is 9. The van der Waals surface area contributed by atoms with Crippen LogP contribution >= 0.6 is 0 Å². The normalized spacial score (nSPS) is 10.8. The van der Waals surface area contributed by atoms with Crippen molar-refractivity contribution in [2.75, 3.05) is 59.6 Å². The minimum atomic E-state index is -1.13. The van der Waals surface area contributed by atoms with Gasteiger partial charge >= 0.3 is 11.9 Å². The molecule has 154 valence electrons. The Labute approximate surface area is 147 Å². The van der Waals surface area contributed by atoms with Gasteiger partial charge in [0.2, 0.25) is 0 Å². The second-order valence-electron chi connectivity index (χ2n) is 4.75. The van der Waals surface area contributed by atoms with Gasteiger partial charge in [0.15, 0.2) is 19.3 Å². The van der Waals surface area contributed by atoms with Gasteiger partial charge in [0.25, 0.3) is 0 Å². The highest BCUT2D eigenvalue weighted by atomic mass is 16.4. The third-order valence-corrected chi connectivity index (χ3v) is 2.28. The summed E-state index contributed by atoms with van der Waals surface area (Å²) in [5.41, 5.74) is 14.3. The summed E-state index contributed by atoms with van der Waals surface area (Å²) in [5.74, 6) is -2.27. The molecule has 0 amide bonds. The van der Waals surface area contributed by atoms with E-state index in [9.17, 15) is 14.7 Å². The van der Waals surface area contributed by atoms with E-state index in [-0.39, 0.29) is 19.8 Å². The van der Waals surface area contributed by atoms with Gasteiger partial charge in [0.05, 0.1) is 26.9 Å². The summed E-state index contributed by atoms with van der Waals surface area (Å²) in [6, 6.07) is 0. The number of nitrogens with zero attached hydrogens (tertiary/aromatic N) is 1. The molecule has 0 saturated carbocycles. The smallest absolute Gasteiger partial charge is 0.359 e. The van der Waals surface area contributed by atoms with Gasteiger partial charge in [-0.1, -0.05) is 0 Å². The predicted octanol–water partition coefficient (Wildman–Crippen LogP) is -4.25. The number of carboxylic acid groups (broad SMARTS) is 2. The Morgan fingerprint density at radius 2 is 1.04 bits per heavy atom. The van der Waals surface area contributed by atoms with Crippen LogP contribution in [-0.4, -0.2) is 113 Å². The first-order valence-corrected chi connectivity index (χ1v) is 7.41. The topological polar surface area (TPSA) is 234 Å². The molecule has 0 bridgehead atoms. The SMILES string of the molecule is CC(O)[N+](C)(CC(=O)O)CC(=O)O.NCCO.NCCO.NCCO. The van der Waals surface area contributed by atoms with Crippen LogP contribution in [0.25, 0.3) is 0 Å². The number of aliphatic carboxylic acids is 2. The van der Waals surface area contributed by atoms with Crippen molar-refractivity contribution in [3.63, 3.8) is 0 Å². The molecule has 0 aliphatic heterocycles. The first kappa shape index (κ1) is 31.4. The van der Waals surface area contributed by atoms with E-state index in [1.54, 1.807) is 0 Å². The average Bonchev–Trinajstić information content (AvgIpc) is 2.53. The monoisotopic (exact) mass is 375 g/mol. The van der Waals surface area contributed by atoms with Crippen molar-refractivity contribution in [1.29, 1.82) is 0 Å². The first-order chi connectivity index (χ1) is 11.5. The number of aliphatic hydroxyl groups is 4. The summed E-state index contributed by atoms with van der Waals surface area (Å²) in [6.45, 7) is 1.96. The average molecular weight is 375 g/mol. The van der Waals surface area contributed by atoms with E-state index >= 15 is 0 Å². The van der Waals surface area contributed by atoms with Gasteiger partial charge in [0, 0.05) is 26.6 Å². The maximum atomic E-state index is 10.4. The molecule has 0 aliphatic carbocycles. The molecule has 0 rings (SSSR count). The molecule has 1 atom stereocenters. The molecule has 25 heavy (non-hydrogen) atoms. The number of aliphatic hydroxyl groups excluding tert-OH is 4. The lowest BCUT2D eigenvalue weighted by atomic mass is 10.3. The van der Waals surface area contributed by atoms with Crippen molar-refractivity contribution in [1.82, 2.24) is 0 Å². The van der Waals surface area contributed by atoms with E-state index in [0.717, 1.165) is 0 Å². The van der Waals surface area contributed by atoms with Crippen molar-refractivity contribution in [2.45, 2.75) is 13.2 Å². The van der Waals surface area contributed by atoms with Crippen molar-refractivity contribution in [3.8, 4) is 0 Å². The molecule has 0 aromatic heterocycles. The van der Waals surface area contributed by atoms with Crippen LogP contribution in [0.15, 0.2) is 0 Å². The number of nitrogens with two attached hydrogens (primary N) is 3. The summed E-state index contributed by atoms with van der Waals surface area (Å²) in [4.78, 5) is 20.8. The van der Waals surface area contributed by atoms with Gasteiger partial charge in [-0.2, -0.15) is 0 Å². The number of hydrogen-bond acceptors (Lipinski definition) is 9. The zero-order valence-electron chi connectivity index (χ0n) is 14.9. The van der Waals surface area contributed by atoms with E-state index in [0.29, 0.717) is 19.6 Å². The van der Waals surface area contributed by atoms with Crippen molar-refractivity contribution in [3.05, 3.63) is 0 Å². The summed E-state index contributed by atoms with van der Waals surface area (Å²) in [5, 5.41) is 49.4. The van der Waals surface area contributed by atoms with Gasteiger partial charge < -0.3 is 47.8 Å². The number of likely N-dealkylation sites (N-methyl/N-ethyl adjacent to an activating group) is 1. The van der Waals surface area contributed by atoms with Gasteiger partial charge in [-0.15, -0.1) is 0 Å². The molecule has 12 N–H and O–H groups in total. The quantitative estimate of drug-likeness (QED) is 0.145. The van der Waals surface area contributed by atoms with Crippen LogP contribution in [0.4, 0.5) is 0 Å². The van der Waals surface area contributed by atoms with E-state index in [2.05, 4.69) is 0 Å². The fourth-order valence-electron chi connectivity index (χ4n) is 0.938. The van der Waals surface area contributed by atoms with Gasteiger partial charge in [-0.25, -0.2) is 9.59 Å². The Kier molecular flexibility index (Phi) is 28.4. The lowest BCUT2D eigenvalue weighted by molar-refractivity contribution is -0.939. The van der Waals surface area contributed by atoms with E-state index in [4.69, 9.17) is 42.7 Å². The van der Waals surface area contributed by atoms with Gasteiger partial charge in [-0.05, 0) is 0 Å². The standard InChI is InChI=1S/C7H13NO5.3C2H7NO/c1-5(9)8(2,3-6(10)11)4-7(12)13;3*3-1-2-4/h5,9H,3-4H2,1-2H3,(H-,10,11,12,13);3*4H,1-3H2/p+1. The number of rotatable bonds is 8. The molecule has 12 heteroatoms. The molecular formula is C13H35N4O8+. The van der Waals surface area contributed by atoms with Crippen molar-refractivity contribution < 1.29 is 44.7 Å². The zero-order valence-corrected chi connectivity index (χ0v) is 14.9.